The lowest BCUT2D eigenvalue weighted by molar-refractivity contribution is -0.112. The lowest BCUT2D eigenvalue weighted by atomic mass is 9.89. The summed E-state index contributed by atoms with van der Waals surface area (Å²) in [5.74, 6) is 0.213. The number of carbonyl (C=O) groups is 1. The summed E-state index contributed by atoms with van der Waals surface area (Å²) in [7, 11) is 0. The van der Waals surface area contributed by atoms with Crippen LogP contribution >= 0.6 is 35.1 Å². The van der Waals surface area contributed by atoms with E-state index in [9.17, 15) is 4.79 Å². The van der Waals surface area contributed by atoms with Crippen molar-refractivity contribution in [3.8, 4) is 0 Å². The first kappa shape index (κ1) is 15.7. The van der Waals surface area contributed by atoms with E-state index >= 15 is 0 Å². The SMILES string of the molecule is CSC(SC)=C1CCC/C(=C\c2ccc(Cl)cc2)C1=O. The van der Waals surface area contributed by atoms with Gasteiger partial charge in [0.25, 0.3) is 0 Å². The van der Waals surface area contributed by atoms with Crippen LogP contribution in [0.3, 0.4) is 0 Å². The first-order chi connectivity index (χ1) is 9.65. The highest BCUT2D eigenvalue weighted by Gasteiger charge is 2.23. The van der Waals surface area contributed by atoms with Gasteiger partial charge in [-0.1, -0.05) is 23.7 Å². The molecule has 0 aliphatic heterocycles. The van der Waals surface area contributed by atoms with Gasteiger partial charge in [0.15, 0.2) is 5.78 Å². The molecule has 0 atom stereocenters. The molecule has 0 N–H and O–H groups in total. The molecule has 20 heavy (non-hydrogen) atoms. The maximum atomic E-state index is 12.6. The summed E-state index contributed by atoms with van der Waals surface area (Å²) in [5.41, 5.74) is 2.93. The first-order valence-corrected chi connectivity index (χ1v) is 9.30. The molecule has 1 nitrogen and oxygen atoms in total. The van der Waals surface area contributed by atoms with E-state index in [1.54, 1.807) is 23.5 Å². The predicted molar refractivity (Wildman–Crippen MR) is 92.3 cm³/mol. The molecule has 0 saturated heterocycles. The van der Waals surface area contributed by atoms with E-state index in [1.807, 2.05) is 42.9 Å². The Morgan fingerprint density at radius 3 is 2.40 bits per heavy atom. The number of ketones is 1. The highest BCUT2D eigenvalue weighted by molar-refractivity contribution is 8.21. The Labute approximate surface area is 133 Å². The van der Waals surface area contributed by atoms with Crippen molar-refractivity contribution in [3.05, 3.63) is 50.2 Å². The van der Waals surface area contributed by atoms with Gasteiger partial charge in [0.1, 0.15) is 0 Å². The van der Waals surface area contributed by atoms with Crippen LogP contribution in [0.4, 0.5) is 0 Å². The van der Waals surface area contributed by atoms with Gasteiger partial charge in [-0.3, -0.25) is 4.79 Å². The fourth-order valence-electron chi connectivity index (χ4n) is 2.30. The summed E-state index contributed by atoms with van der Waals surface area (Å²) in [6, 6.07) is 7.61. The Bertz CT molecular complexity index is 552. The summed E-state index contributed by atoms with van der Waals surface area (Å²) in [6.07, 6.45) is 8.86. The van der Waals surface area contributed by atoms with Gasteiger partial charge in [-0.05, 0) is 55.5 Å². The summed E-state index contributed by atoms with van der Waals surface area (Å²) < 4.78 is 1.15. The third-order valence-electron chi connectivity index (χ3n) is 3.27. The van der Waals surface area contributed by atoms with Crippen molar-refractivity contribution >= 4 is 47.0 Å². The van der Waals surface area contributed by atoms with Crippen LogP contribution in [0.25, 0.3) is 6.08 Å². The van der Waals surface area contributed by atoms with E-state index in [4.69, 9.17) is 11.6 Å². The van der Waals surface area contributed by atoms with E-state index in [1.165, 1.54) is 0 Å². The number of hydrogen-bond acceptors (Lipinski definition) is 3. The van der Waals surface area contributed by atoms with E-state index in [0.29, 0.717) is 0 Å². The largest absolute Gasteiger partial charge is 0.289 e. The van der Waals surface area contributed by atoms with Crippen LogP contribution in [-0.2, 0) is 4.79 Å². The standard InChI is InChI=1S/C16H17ClOS2/c1-19-16(20-2)14-5-3-4-12(15(14)18)10-11-6-8-13(17)9-7-11/h6-10H,3-5H2,1-2H3/b12-10+. The zero-order valence-corrected chi connectivity index (χ0v) is 14.0. The van der Waals surface area contributed by atoms with Crippen molar-refractivity contribution in [2.24, 2.45) is 0 Å². The van der Waals surface area contributed by atoms with Crippen LogP contribution in [0.15, 0.2) is 39.6 Å². The predicted octanol–water partition coefficient (Wildman–Crippen LogP) is 5.41. The van der Waals surface area contributed by atoms with Gasteiger partial charge in [-0.2, -0.15) is 0 Å². The van der Waals surface area contributed by atoms with Crippen molar-refractivity contribution in [1.29, 1.82) is 0 Å². The number of hydrogen-bond donors (Lipinski definition) is 0. The number of carbonyl (C=O) groups excluding carboxylic acids is 1. The van der Waals surface area contributed by atoms with Gasteiger partial charge in [0.05, 0.1) is 0 Å². The summed E-state index contributed by atoms with van der Waals surface area (Å²) in [5, 5.41) is 0.717. The summed E-state index contributed by atoms with van der Waals surface area (Å²) in [6.45, 7) is 0. The zero-order chi connectivity index (χ0) is 14.5. The number of allylic oxidation sites excluding steroid dienone is 2. The van der Waals surface area contributed by atoms with Crippen molar-refractivity contribution in [2.75, 3.05) is 12.5 Å². The Balaban J connectivity index is 2.31. The molecule has 1 aromatic carbocycles. The van der Waals surface area contributed by atoms with Gasteiger partial charge in [-0.15, -0.1) is 23.5 Å². The second kappa shape index (κ2) is 7.39. The second-order valence-corrected chi connectivity index (χ2v) is 6.91. The van der Waals surface area contributed by atoms with Gasteiger partial charge >= 0.3 is 0 Å². The highest BCUT2D eigenvalue weighted by Crippen LogP contribution is 2.36. The number of Topliss-reactive ketones (excluding diaryl/α,β-unsaturated/α-hetero) is 1. The van der Waals surface area contributed by atoms with E-state index in [2.05, 4.69) is 0 Å². The number of benzene rings is 1. The molecular formula is C16H17ClOS2. The van der Waals surface area contributed by atoms with Crippen LogP contribution in [0.5, 0.6) is 0 Å². The number of halogens is 1. The molecule has 0 amide bonds. The highest BCUT2D eigenvalue weighted by atomic mass is 35.5. The minimum Gasteiger partial charge on any atom is -0.289 e. The molecule has 4 heteroatoms. The first-order valence-electron chi connectivity index (χ1n) is 6.47. The fourth-order valence-corrected chi connectivity index (χ4v) is 3.97. The molecule has 1 fully saturated rings. The molecule has 0 radical (unpaired) electrons. The molecule has 0 spiro atoms. The molecule has 1 aliphatic rings. The normalized spacial score (nSPS) is 17.6. The molecule has 1 aromatic rings. The van der Waals surface area contributed by atoms with Crippen LogP contribution < -0.4 is 0 Å². The summed E-state index contributed by atoms with van der Waals surface area (Å²) in [4.78, 5) is 12.6. The Kier molecular flexibility index (Phi) is 5.82. The molecule has 0 unspecified atom stereocenters. The van der Waals surface area contributed by atoms with Crippen molar-refractivity contribution < 1.29 is 4.79 Å². The van der Waals surface area contributed by atoms with Crippen molar-refractivity contribution in [3.63, 3.8) is 0 Å². The average molecular weight is 325 g/mol. The van der Waals surface area contributed by atoms with Gasteiger partial charge in [0, 0.05) is 20.4 Å². The van der Waals surface area contributed by atoms with Crippen molar-refractivity contribution in [1.82, 2.24) is 0 Å². The molecular weight excluding hydrogens is 308 g/mol. The average Bonchev–Trinajstić information content (AvgIpc) is 2.46. The van der Waals surface area contributed by atoms with Crippen molar-refractivity contribution in [2.45, 2.75) is 19.3 Å². The molecule has 0 heterocycles. The third kappa shape index (κ3) is 3.72. The smallest absolute Gasteiger partial charge is 0.186 e. The molecule has 0 aromatic heterocycles. The molecule has 1 saturated carbocycles. The Morgan fingerprint density at radius 1 is 1.15 bits per heavy atom. The maximum Gasteiger partial charge on any atom is 0.186 e. The van der Waals surface area contributed by atoms with Crippen LogP contribution in [0.2, 0.25) is 5.02 Å². The maximum absolute atomic E-state index is 12.6. The fraction of sp³-hybridized carbons (Fsp3) is 0.312. The molecule has 1 aliphatic carbocycles. The molecule has 0 bridgehead atoms. The lowest BCUT2D eigenvalue weighted by Gasteiger charge is -2.19. The van der Waals surface area contributed by atoms with E-state index in [0.717, 1.165) is 45.2 Å². The van der Waals surface area contributed by atoms with Crippen LogP contribution in [0, 0.1) is 0 Å². The van der Waals surface area contributed by atoms with E-state index in [-0.39, 0.29) is 5.78 Å². The van der Waals surface area contributed by atoms with Gasteiger partial charge in [0.2, 0.25) is 0 Å². The minimum absolute atomic E-state index is 0.213. The quantitative estimate of drug-likeness (QED) is 0.692. The minimum atomic E-state index is 0.213. The summed E-state index contributed by atoms with van der Waals surface area (Å²) >= 11 is 9.22. The Hall–Kier alpha value is -0.640. The number of rotatable bonds is 3. The van der Waals surface area contributed by atoms with E-state index < -0.39 is 0 Å². The third-order valence-corrected chi connectivity index (χ3v) is 5.75. The Morgan fingerprint density at radius 2 is 1.80 bits per heavy atom. The van der Waals surface area contributed by atoms with Crippen LogP contribution in [0.1, 0.15) is 24.8 Å². The number of thioether (sulfide) groups is 2. The topological polar surface area (TPSA) is 17.1 Å². The monoisotopic (exact) mass is 324 g/mol. The zero-order valence-electron chi connectivity index (χ0n) is 11.6. The second-order valence-electron chi connectivity index (χ2n) is 4.58. The van der Waals surface area contributed by atoms with Crippen LogP contribution in [-0.4, -0.2) is 18.3 Å². The van der Waals surface area contributed by atoms with Gasteiger partial charge < -0.3 is 0 Å². The lowest BCUT2D eigenvalue weighted by Crippen LogP contribution is -2.13. The van der Waals surface area contributed by atoms with Gasteiger partial charge in [-0.25, -0.2) is 0 Å². The molecule has 106 valence electrons. The molecule has 2 rings (SSSR count).